The van der Waals surface area contributed by atoms with Crippen LogP contribution in [0.5, 0.6) is 0 Å². The number of carbonyl (C=O) groups excluding carboxylic acids is 5. The number of urea groups is 1. The first-order chi connectivity index (χ1) is 14.1. The van der Waals surface area contributed by atoms with Gasteiger partial charge in [-0.15, -0.1) is 0 Å². The topological polar surface area (TPSA) is 126 Å². The molecule has 3 rings (SSSR count). The predicted molar refractivity (Wildman–Crippen MR) is 106 cm³/mol. The van der Waals surface area contributed by atoms with Crippen LogP contribution >= 0.6 is 0 Å². The number of H-pyrrole nitrogens is 1. The lowest BCUT2D eigenvalue weighted by Crippen LogP contribution is -2.54. The van der Waals surface area contributed by atoms with Gasteiger partial charge in [-0.2, -0.15) is 0 Å². The summed E-state index contributed by atoms with van der Waals surface area (Å²) in [6.45, 7) is 5.57. The molecule has 0 bridgehead atoms. The molecule has 1 aromatic heterocycles. The number of aromatic nitrogens is 1. The first-order valence-corrected chi connectivity index (χ1v) is 10.1. The van der Waals surface area contributed by atoms with E-state index in [1.807, 2.05) is 6.92 Å². The number of Topliss-reactive ketones (excluding diaryl/α,β-unsaturated/α-hetero) is 2. The Hall–Kier alpha value is -2.97. The van der Waals surface area contributed by atoms with Crippen LogP contribution in [0.25, 0.3) is 0 Å². The second-order valence-electron chi connectivity index (χ2n) is 8.20. The molecule has 2 atom stereocenters. The highest BCUT2D eigenvalue weighted by atomic mass is 16.5. The van der Waals surface area contributed by atoms with Gasteiger partial charge < -0.3 is 15.0 Å². The van der Waals surface area contributed by atoms with Gasteiger partial charge in [0.1, 0.15) is 12.1 Å². The van der Waals surface area contributed by atoms with Crippen molar-refractivity contribution >= 4 is 29.5 Å². The van der Waals surface area contributed by atoms with Crippen LogP contribution in [-0.4, -0.2) is 58.0 Å². The number of esters is 1. The molecule has 1 spiro atoms. The molecule has 0 aromatic carbocycles. The van der Waals surface area contributed by atoms with E-state index in [-0.39, 0.29) is 17.4 Å². The zero-order valence-electron chi connectivity index (χ0n) is 17.7. The van der Waals surface area contributed by atoms with Gasteiger partial charge in [-0.05, 0) is 45.1 Å². The molecule has 0 unspecified atom stereocenters. The van der Waals surface area contributed by atoms with Crippen molar-refractivity contribution in [2.24, 2.45) is 5.92 Å². The molecule has 3 amide bonds. The minimum Gasteiger partial charge on any atom is -0.456 e. The summed E-state index contributed by atoms with van der Waals surface area (Å²) in [5.74, 6) is -1.93. The van der Waals surface area contributed by atoms with Gasteiger partial charge in [0.05, 0.1) is 5.69 Å². The molecule has 30 heavy (non-hydrogen) atoms. The Morgan fingerprint density at radius 1 is 1.20 bits per heavy atom. The van der Waals surface area contributed by atoms with E-state index in [9.17, 15) is 24.0 Å². The molecule has 2 fully saturated rings. The molecular formula is C21H27N3O6. The summed E-state index contributed by atoms with van der Waals surface area (Å²) in [5.41, 5.74) is 0.767. The van der Waals surface area contributed by atoms with Gasteiger partial charge in [0, 0.05) is 11.3 Å². The molecular weight excluding hydrogens is 390 g/mol. The van der Waals surface area contributed by atoms with Crippen molar-refractivity contribution in [2.45, 2.75) is 58.9 Å². The molecule has 0 radical (unpaired) electrons. The summed E-state index contributed by atoms with van der Waals surface area (Å²) in [6, 6.07) is -0.612. The summed E-state index contributed by atoms with van der Waals surface area (Å²) in [6.07, 6.45) is 3.21. The lowest BCUT2D eigenvalue weighted by molar-refractivity contribution is -0.147. The van der Waals surface area contributed by atoms with Gasteiger partial charge >= 0.3 is 12.0 Å². The van der Waals surface area contributed by atoms with Crippen LogP contribution in [0.3, 0.4) is 0 Å². The van der Waals surface area contributed by atoms with E-state index < -0.39 is 42.4 Å². The number of nitrogens with zero attached hydrogens (tertiary/aromatic N) is 1. The van der Waals surface area contributed by atoms with Gasteiger partial charge in [0.15, 0.2) is 12.4 Å². The van der Waals surface area contributed by atoms with E-state index in [0.29, 0.717) is 23.2 Å². The maximum absolute atomic E-state index is 12.9. The van der Waals surface area contributed by atoms with Crippen molar-refractivity contribution in [3.8, 4) is 0 Å². The number of rotatable bonds is 6. The van der Waals surface area contributed by atoms with Crippen LogP contribution < -0.4 is 5.32 Å². The van der Waals surface area contributed by atoms with Crippen molar-refractivity contribution in [1.29, 1.82) is 0 Å². The maximum atomic E-state index is 12.9. The van der Waals surface area contributed by atoms with E-state index in [1.54, 1.807) is 13.8 Å². The molecule has 1 saturated heterocycles. The highest BCUT2D eigenvalue weighted by Gasteiger charge is 2.55. The van der Waals surface area contributed by atoms with E-state index >= 15 is 0 Å². The number of hydrogen-bond donors (Lipinski definition) is 2. The Labute approximate surface area is 174 Å². The molecule has 2 aliphatic rings. The molecule has 2 N–H and O–H groups in total. The third kappa shape index (κ3) is 3.64. The van der Waals surface area contributed by atoms with E-state index in [2.05, 4.69) is 10.3 Å². The molecule has 1 aromatic rings. The van der Waals surface area contributed by atoms with Crippen molar-refractivity contribution in [3.63, 3.8) is 0 Å². The molecule has 162 valence electrons. The number of hydrogen-bond acceptors (Lipinski definition) is 6. The molecule has 1 aliphatic carbocycles. The first-order valence-electron chi connectivity index (χ1n) is 10.1. The zero-order chi connectivity index (χ0) is 22.2. The fourth-order valence-corrected chi connectivity index (χ4v) is 4.59. The largest absolute Gasteiger partial charge is 0.456 e. The third-order valence-electron chi connectivity index (χ3n) is 6.22. The minimum absolute atomic E-state index is 0.0140. The predicted octanol–water partition coefficient (Wildman–Crippen LogP) is 2.06. The first kappa shape index (κ1) is 21.7. The summed E-state index contributed by atoms with van der Waals surface area (Å²) >= 11 is 0. The lowest BCUT2D eigenvalue weighted by atomic mass is 9.73. The Kier molecular flexibility index (Phi) is 5.83. The average molecular weight is 417 g/mol. The number of ether oxygens (including phenoxy) is 1. The smallest absolute Gasteiger partial charge is 0.326 e. The van der Waals surface area contributed by atoms with Gasteiger partial charge in [-0.3, -0.25) is 24.1 Å². The Morgan fingerprint density at radius 3 is 2.50 bits per heavy atom. The van der Waals surface area contributed by atoms with Gasteiger partial charge in [0.2, 0.25) is 5.78 Å². The van der Waals surface area contributed by atoms with Crippen LogP contribution in [0.4, 0.5) is 4.79 Å². The van der Waals surface area contributed by atoms with Gasteiger partial charge in [0.25, 0.3) is 5.91 Å². The number of aromatic amines is 1. The highest BCUT2D eigenvalue weighted by molar-refractivity contribution is 6.09. The number of nitrogens with one attached hydrogen (secondary N) is 2. The van der Waals surface area contributed by atoms with Crippen molar-refractivity contribution in [1.82, 2.24) is 15.2 Å². The van der Waals surface area contributed by atoms with E-state index in [4.69, 9.17) is 4.74 Å². The van der Waals surface area contributed by atoms with Crippen molar-refractivity contribution in [2.75, 3.05) is 13.2 Å². The Balaban J connectivity index is 1.62. The molecule has 1 aliphatic heterocycles. The van der Waals surface area contributed by atoms with Crippen LogP contribution in [0.15, 0.2) is 0 Å². The van der Waals surface area contributed by atoms with Crippen LogP contribution in [0.1, 0.15) is 71.6 Å². The highest BCUT2D eigenvalue weighted by Crippen LogP contribution is 2.38. The van der Waals surface area contributed by atoms with E-state index in [0.717, 1.165) is 24.2 Å². The SMILES string of the molecule is CC(=O)c1c(C)[nH]c(C(=O)COC(=O)CN2C(=O)N[C@@]3(CCCC[C@@H]3C)C2=O)c1C. The summed E-state index contributed by atoms with van der Waals surface area (Å²) in [7, 11) is 0. The number of ketones is 2. The quantitative estimate of drug-likeness (QED) is 0.415. The average Bonchev–Trinajstić information content (AvgIpc) is 3.10. The van der Waals surface area contributed by atoms with Crippen LogP contribution in [-0.2, 0) is 14.3 Å². The van der Waals surface area contributed by atoms with E-state index in [1.165, 1.54) is 6.92 Å². The fourth-order valence-electron chi connectivity index (χ4n) is 4.59. The van der Waals surface area contributed by atoms with Crippen LogP contribution in [0, 0.1) is 19.8 Å². The van der Waals surface area contributed by atoms with Crippen molar-refractivity contribution in [3.05, 3.63) is 22.5 Å². The minimum atomic E-state index is -0.951. The second-order valence-corrected chi connectivity index (χ2v) is 8.20. The molecule has 9 nitrogen and oxygen atoms in total. The Morgan fingerprint density at radius 2 is 1.90 bits per heavy atom. The summed E-state index contributed by atoms with van der Waals surface area (Å²) in [4.78, 5) is 65.3. The second kappa shape index (κ2) is 8.04. The van der Waals surface area contributed by atoms with Crippen molar-refractivity contribution < 1.29 is 28.7 Å². The molecule has 2 heterocycles. The standard InChI is InChI=1S/C21H27N3O6/c1-11-7-5-6-8-21(11)19(28)24(20(29)23-21)9-16(27)30-10-15(26)18-12(2)17(14(4)25)13(3)22-18/h11,22H,5-10H2,1-4H3,(H,23,29)/t11-,21+/m0/s1. The summed E-state index contributed by atoms with van der Waals surface area (Å²) < 4.78 is 5.02. The van der Waals surface area contributed by atoms with Gasteiger partial charge in [-0.1, -0.05) is 19.8 Å². The summed E-state index contributed by atoms with van der Waals surface area (Å²) in [5, 5.41) is 2.77. The number of imide groups is 1. The zero-order valence-corrected chi connectivity index (χ0v) is 17.7. The number of amides is 3. The third-order valence-corrected chi connectivity index (χ3v) is 6.22. The number of carbonyl (C=O) groups is 5. The fraction of sp³-hybridized carbons (Fsp3) is 0.571. The van der Waals surface area contributed by atoms with Gasteiger partial charge in [-0.25, -0.2) is 4.79 Å². The molecule has 1 saturated carbocycles. The monoisotopic (exact) mass is 417 g/mol. The number of aryl methyl sites for hydroxylation is 1. The maximum Gasteiger partial charge on any atom is 0.326 e. The molecule has 9 heteroatoms. The Bertz CT molecular complexity index is 933. The lowest BCUT2D eigenvalue weighted by Gasteiger charge is -2.36. The normalized spacial score (nSPS) is 23.6. The van der Waals surface area contributed by atoms with Crippen LogP contribution in [0.2, 0.25) is 0 Å².